The lowest BCUT2D eigenvalue weighted by molar-refractivity contribution is 0.869. The topological polar surface area (TPSA) is 63.8 Å². The predicted octanol–water partition coefficient (Wildman–Crippen LogP) is 0.891. The lowest BCUT2D eigenvalue weighted by Crippen LogP contribution is -2.09. The summed E-state index contributed by atoms with van der Waals surface area (Å²) in [6.07, 6.45) is 3.91. The Morgan fingerprint density at radius 3 is 3.08 bits per heavy atom. The van der Waals surface area contributed by atoms with Gasteiger partial charge in [-0.25, -0.2) is 9.97 Å². The first-order valence-corrected chi connectivity index (χ1v) is 4.12. The Kier molecular flexibility index (Phi) is 3.76. The highest BCUT2D eigenvalue weighted by Gasteiger charge is 1.97. The molecule has 12 heavy (non-hydrogen) atoms. The molecule has 0 saturated carbocycles. The summed E-state index contributed by atoms with van der Waals surface area (Å²) in [5.41, 5.74) is 5.32. The standard InChI is InChI=1S/C7H11ClN4/c8-6-4-10-5-12-7(6)11-3-1-2-9/h4-5H,1-3,9H2,(H,10,11,12). The molecule has 0 aliphatic carbocycles. The first-order valence-electron chi connectivity index (χ1n) is 3.74. The summed E-state index contributed by atoms with van der Waals surface area (Å²) in [4.78, 5) is 7.72. The van der Waals surface area contributed by atoms with Crippen LogP contribution in [0.15, 0.2) is 12.5 Å². The number of rotatable bonds is 4. The summed E-state index contributed by atoms with van der Waals surface area (Å²) < 4.78 is 0. The molecule has 66 valence electrons. The molecule has 0 saturated heterocycles. The van der Waals surface area contributed by atoms with Gasteiger partial charge in [0.15, 0.2) is 0 Å². The Hall–Kier alpha value is -0.870. The van der Waals surface area contributed by atoms with Gasteiger partial charge in [-0.2, -0.15) is 0 Å². The number of nitrogens with one attached hydrogen (secondary N) is 1. The normalized spacial score (nSPS) is 9.83. The van der Waals surface area contributed by atoms with Gasteiger partial charge in [0, 0.05) is 6.54 Å². The van der Waals surface area contributed by atoms with E-state index in [4.69, 9.17) is 17.3 Å². The molecule has 1 aromatic rings. The fourth-order valence-corrected chi connectivity index (χ4v) is 0.924. The molecule has 4 nitrogen and oxygen atoms in total. The summed E-state index contributed by atoms with van der Waals surface area (Å²) in [5.74, 6) is 0.667. The van der Waals surface area contributed by atoms with Gasteiger partial charge < -0.3 is 11.1 Å². The van der Waals surface area contributed by atoms with Gasteiger partial charge in [-0.1, -0.05) is 11.6 Å². The SMILES string of the molecule is NCCCNc1ncncc1Cl. The molecular formula is C7H11ClN4. The zero-order chi connectivity index (χ0) is 8.81. The average molecular weight is 187 g/mol. The lowest BCUT2D eigenvalue weighted by atomic mass is 10.4. The fraction of sp³-hybridized carbons (Fsp3) is 0.429. The molecule has 0 radical (unpaired) electrons. The van der Waals surface area contributed by atoms with Gasteiger partial charge in [-0.3, -0.25) is 0 Å². The van der Waals surface area contributed by atoms with Crippen LogP contribution in [0.4, 0.5) is 5.82 Å². The number of hydrogen-bond donors (Lipinski definition) is 2. The van der Waals surface area contributed by atoms with Gasteiger partial charge in [0.1, 0.15) is 17.2 Å². The van der Waals surface area contributed by atoms with E-state index in [-0.39, 0.29) is 0 Å². The zero-order valence-corrected chi connectivity index (χ0v) is 7.38. The van der Waals surface area contributed by atoms with Gasteiger partial charge in [-0.05, 0) is 13.0 Å². The molecule has 0 fully saturated rings. The molecular weight excluding hydrogens is 176 g/mol. The van der Waals surface area contributed by atoms with Gasteiger partial charge in [-0.15, -0.1) is 0 Å². The Morgan fingerprint density at radius 2 is 2.42 bits per heavy atom. The maximum Gasteiger partial charge on any atom is 0.148 e. The minimum Gasteiger partial charge on any atom is -0.369 e. The van der Waals surface area contributed by atoms with E-state index in [1.54, 1.807) is 6.20 Å². The largest absolute Gasteiger partial charge is 0.369 e. The predicted molar refractivity (Wildman–Crippen MR) is 49.2 cm³/mol. The third-order valence-corrected chi connectivity index (χ3v) is 1.62. The minimum atomic E-state index is 0.537. The van der Waals surface area contributed by atoms with E-state index in [0.717, 1.165) is 13.0 Å². The molecule has 3 N–H and O–H groups in total. The lowest BCUT2D eigenvalue weighted by Gasteiger charge is -2.04. The maximum absolute atomic E-state index is 5.78. The second kappa shape index (κ2) is 4.90. The van der Waals surface area contributed by atoms with Crippen molar-refractivity contribution in [1.82, 2.24) is 9.97 Å². The fourth-order valence-electron chi connectivity index (χ4n) is 0.752. The molecule has 5 heteroatoms. The Morgan fingerprint density at radius 1 is 1.58 bits per heavy atom. The molecule has 0 aliphatic rings. The van der Waals surface area contributed by atoms with Gasteiger partial charge >= 0.3 is 0 Å². The van der Waals surface area contributed by atoms with Crippen LogP contribution in [0, 0.1) is 0 Å². The van der Waals surface area contributed by atoms with Gasteiger partial charge in [0.05, 0.1) is 6.20 Å². The number of hydrogen-bond acceptors (Lipinski definition) is 4. The van der Waals surface area contributed by atoms with Crippen LogP contribution in [0.2, 0.25) is 5.02 Å². The number of nitrogens with zero attached hydrogens (tertiary/aromatic N) is 2. The van der Waals surface area contributed by atoms with Crippen molar-refractivity contribution in [3.63, 3.8) is 0 Å². The van der Waals surface area contributed by atoms with Gasteiger partial charge in [0.2, 0.25) is 0 Å². The molecule has 0 bridgehead atoms. The highest BCUT2D eigenvalue weighted by molar-refractivity contribution is 6.32. The summed E-state index contributed by atoms with van der Waals surface area (Å²) >= 11 is 5.78. The summed E-state index contributed by atoms with van der Waals surface area (Å²) in [5, 5.41) is 3.59. The van der Waals surface area contributed by atoms with Crippen LogP contribution < -0.4 is 11.1 Å². The second-order valence-corrected chi connectivity index (χ2v) is 2.70. The summed E-state index contributed by atoms with van der Waals surface area (Å²) in [6.45, 7) is 1.45. The van der Waals surface area contributed by atoms with E-state index < -0.39 is 0 Å². The van der Waals surface area contributed by atoms with E-state index in [9.17, 15) is 0 Å². The number of anilines is 1. The Bertz CT molecular complexity index is 241. The highest BCUT2D eigenvalue weighted by atomic mass is 35.5. The average Bonchev–Trinajstić information content (AvgIpc) is 2.09. The quantitative estimate of drug-likeness (QED) is 0.686. The molecule has 0 unspecified atom stereocenters. The molecule has 0 aromatic carbocycles. The summed E-state index contributed by atoms with van der Waals surface area (Å²) in [6, 6.07) is 0. The molecule has 0 atom stereocenters. The molecule has 0 spiro atoms. The summed E-state index contributed by atoms with van der Waals surface area (Å²) in [7, 11) is 0. The number of halogens is 1. The third-order valence-electron chi connectivity index (χ3n) is 1.34. The van der Waals surface area contributed by atoms with E-state index in [1.807, 2.05) is 0 Å². The zero-order valence-electron chi connectivity index (χ0n) is 6.63. The van der Waals surface area contributed by atoms with E-state index in [2.05, 4.69) is 15.3 Å². The van der Waals surface area contributed by atoms with Crippen molar-refractivity contribution in [1.29, 1.82) is 0 Å². The van der Waals surface area contributed by atoms with Crippen LogP contribution >= 0.6 is 11.6 Å². The van der Waals surface area contributed by atoms with Crippen molar-refractivity contribution in [2.45, 2.75) is 6.42 Å². The number of nitrogens with two attached hydrogens (primary N) is 1. The van der Waals surface area contributed by atoms with Crippen LogP contribution in [-0.4, -0.2) is 23.1 Å². The van der Waals surface area contributed by atoms with E-state index in [1.165, 1.54) is 6.33 Å². The number of aromatic nitrogens is 2. The van der Waals surface area contributed by atoms with E-state index >= 15 is 0 Å². The highest BCUT2D eigenvalue weighted by Crippen LogP contribution is 2.15. The molecule has 1 aromatic heterocycles. The first-order chi connectivity index (χ1) is 5.84. The maximum atomic E-state index is 5.78. The smallest absolute Gasteiger partial charge is 0.148 e. The monoisotopic (exact) mass is 186 g/mol. The van der Waals surface area contributed by atoms with Crippen molar-refractivity contribution in [2.75, 3.05) is 18.4 Å². The van der Waals surface area contributed by atoms with Gasteiger partial charge in [0.25, 0.3) is 0 Å². The van der Waals surface area contributed by atoms with Crippen LogP contribution in [0.25, 0.3) is 0 Å². The molecule has 0 aliphatic heterocycles. The van der Waals surface area contributed by atoms with E-state index in [0.29, 0.717) is 17.4 Å². The van der Waals surface area contributed by atoms with Crippen molar-refractivity contribution in [3.05, 3.63) is 17.5 Å². The van der Waals surface area contributed by atoms with Crippen molar-refractivity contribution >= 4 is 17.4 Å². The van der Waals surface area contributed by atoms with Crippen LogP contribution in [0.1, 0.15) is 6.42 Å². The van der Waals surface area contributed by atoms with Crippen LogP contribution in [0.5, 0.6) is 0 Å². The molecule has 1 rings (SSSR count). The van der Waals surface area contributed by atoms with Crippen LogP contribution in [-0.2, 0) is 0 Å². The Labute approximate surface area is 76.2 Å². The second-order valence-electron chi connectivity index (χ2n) is 2.29. The van der Waals surface area contributed by atoms with Crippen molar-refractivity contribution in [3.8, 4) is 0 Å². The Balaban J connectivity index is 2.46. The van der Waals surface area contributed by atoms with Crippen molar-refractivity contribution in [2.24, 2.45) is 5.73 Å². The first kappa shape index (κ1) is 9.22. The van der Waals surface area contributed by atoms with Crippen LogP contribution in [0.3, 0.4) is 0 Å². The third kappa shape index (κ3) is 2.64. The van der Waals surface area contributed by atoms with Crippen molar-refractivity contribution < 1.29 is 0 Å². The molecule has 0 amide bonds. The molecule has 1 heterocycles. The minimum absolute atomic E-state index is 0.537.